The Morgan fingerprint density at radius 3 is 2.67 bits per heavy atom. The molecule has 0 saturated carbocycles. The summed E-state index contributed by atoms with van der Waals surface area (Å²) >= 11 is 0. The summed E-state index contributed by atoms with van der Waals surface area (Å²) in [5.74, 6) is 0. The number of aliphatic hydroxyl groups is 1. The number of aryl methyl sites for hydroxylation is 1. The highest BCUT2D eigenvalue weighted by atomic mass is 16.3. The molecule has 0 saturated heterocycles. The lowest BCUT2D eigenvalue weighted by molar-refractivity contribution is 0.201. The SMILES string of the molecule is CCCNCc1ccc(N(C)CC(C)O)cc1C. The van der Waals surface area contributed by atoms with Gasteiger partial charge in [0.05, 0.1) is 6.10 Å². The average Bonchev–Trinajstić information content (AvgIpc) is 2.30. The Bertz CT molecular complexity index is 364. The molecule has 3 nitrogen and oxygen atoms in total. The molecule has 1 atom stereocenters. The van der Waals surface area contributed by atoms with E-state index < -0.39 is 0 Å². The standard InChI is InChI=1S/C15H26N2O/c1-5-8-16-10-14-6-7-15(9-12(14)2)17(4)11-13(3)18/h6-7,9,13,16,18H,5,8,10-11H2,1-4H3. The maximum Gasteiger partial charge on any atom is 0.0686 e. The lowest BCUT2D eigenvalue weighted by Gasteiger charge is -2.22. The maximum absolute atomic E-state index is 9.40. The predicted octanol–water partition coefficient (Wildman–Crippen LogP) is 2.31. The van der Waals surface area contributed by atoms with Crippen LogP contribution in [0.15, 0.2) is 18.2 Å². The van der Waals surface area contributed by atoms with Crippen molar-refractivity contribution in [1.29, 1.82) is 0 Å². The van der Waals surface area contributed by atoms with Crippen LogP contribution < -0.4 is 10.2 Å². The van der Waals surface area contributed by atoms with Crippen molar-refractivity contribution < 1.29 is 5.11 Å². The third-order valence-electron chi connectivity index (χ3n) is 3.05. The first-order valence-electron chi connectivity index (χ1n) is 6.74. The van der Waals surface area contributed by atoms with Gasteiger partial charge in [-0.15, -0.1) is 0 Å². The van der Waals surface area contributed by atoms with E-state index in [1.165, 1.54) is 11.1 Å². The summed E-state index contributed by atoms with van der Waals surface area (Å²) in [6.07, 6.45) is 0.857. The molecule has 0 bridgehead atoms. The van der Waals surface area contributed by atoms with Crippen LogP contribution in [0.25, 0.3) is 0 Å². The van der Waals surface area contributed by atoms with E-state index in [9.17, 15) is 5.11 Å². The number of hydrogen-bond donors (Lipinski definition) is 2. The van der Waals surface area contributed by atoms with Gasteiger partial charge < -0.3 is 15.3 Å². The summed E-state index contributed by atoms with van der Waals surface area (Å²) in [6.45, 7) is 8.78. The van der Waals surface area contributed by atoms with Crippen molar-refractivity contribution in [2.24, 2.45) is 0 Å². The van der Waals surface area contributed by atoms with Crippen LogP contribution in [0.5, 0.6) is 0 Å². The molecule has 102 valence electrons. The largest absolute Gasteiger partial charge is 0.392 e. The number of nitrogens with zero attached hydrogens (tertiary/aromatic N) is 1. The lowest BCUT2D eigenvalue weighted by atomic mass is 10.1. The lowest BCUT2D eigenvalue weighted by Crippen LogP contribution is -2.27. The minimum atomic E-state index is -0.304. The van der Waals surface area contributed by atoms with Gasteiger partial charge in [0, 0.05) is 25.8 Å². The molecule has 0 aliphatic carbocycles. The zero-order valence-electron chi connectivity index (χ0n) is 12.0. The van der Waals surface area contributed by atoms with E-state index in [0.717, 1.165) is 25.2 Å². The van der Waals surface area contributed by atoms with Crippen LogP contribution in [-0.2, 0) is 6.54 Å². The number of likely N-dealkylation sites (N-methyl/N-ethyl adjacent to an activating group) is 1. The highest BCUT2D eigenvalue weighted by Gasteiger charge is 2.06. The van der Waals surface area contributed by atoms with Crippen LogP contribution in [0, 0.1) is 6.92 Å². The Morgan fingerprint density at radius 2 is 2.11 bits per heavy atom. The Balaban J connectivity index is 2.66. The molecule has 1 aromatic carbocycles. The second-order valence-electron chi connectivity index (χ2n) is 5.02. The van der Waals surface area contributed by atoms with E-state index in [1.807, 2.05) is 14.0 Å². The molecule has 1 unspecified atom stereocenters. The van der Waals surface area contributed by atoms with Gasteiger partial charge >= 0.3 is 0 Å². The molecule has 0 heterocycles. The molecule has 18 heavy (non-hydrogen) atoms. The molecular weight excluding hydrogens is 224 g/mol. The Morgan fingerprint density at radius 1 is 1.39 bits per heavy atom. The van der Waals surface area contributed by atoms with Gasteiger partial charge in [-0.1, -0.05) is 13.0 Å². The number of nitrogens with one attached hydrogen (secondary N) is 1. The van der Waals surface area contributed by atoms with Crippen molar-refractivity contribution in [3.63, 3.8) is 0 Å². The van der Waals surface area contributed by atoms with E-state index in [4.69, 9.17) is 0 Å². The van der Waals surface area contributed by atoms with Crippen molar-refractivity contribution >= 4 is 5.69 Å². The highest BCUT2D eigenvalue weighted by Crippen LogP contribution is 2.18. The van der Waals surface area contributed by atoms with E-state index in [0.29, 0.717) is 6.54 Å². The van der Waals surface area contributed by atoms with Gasteiger partial charge in [0.2, 0.25) is 0 Å². The van der Waals surface area contributed by atoms with Crippen molar-refractivity contribution in [3.8, 4) is 0 Å². The average molecular weight is 250 g/mol. The molecule has 1 rings (SSSR count). The number of rotatable bonds is 7. The van der Waals surface area contributed by atoms with E-state index in [-0.39, 0.29) is 6.10 Å². The zero-order valence-corrected chi connectivity index (χ0v) is 12.0. The molecule has 0 spiro atoms. The molecule has 2 N–H and O–H groups in total. The van der Waals surface area contributed by atoms with Gasteiger partial charge in [0.1, 0.15) is 0 Å². The van der Waals surface area contributed by atoms with Gasteiger partial charge in [-0.25, -0.2) is 0 Å². The third kappa shape index (κ3) is 4.67. The first-order chi connectivity index (χ1) is 8.54. The molecule has 0 radical (unpaired) electrons. The zero-order chi connectivity index (χ0) is 13.5. The maximum atomic E-state index is 9.40. The fourth-order valence-electron chi connectivity index (χ4n) is 2.02. The van der Waals surface area contributed by atoms with Crippen LogP contribution in [0.4, 0.5) is 5.69 Å². The topological polar surface area (TPSA) is 35.5 Å². The fraction of sp³-hybridized carbons (Fsp3) is 0.600. The molecule has 0 aromatic heterocycles. The highest BCUT2D eigenvalue weighted by molar-refractivity contribution is 5.50. The third-order valence-corrected chi connectivity index (χ3v) is 3.05. The van der Waals surface area contributed by atoms with E-state index >= 15 is 0 Å². The minimum absolute atomic E-state index is 0.304. The molecular formula is C15H26N2O. The van der Waals surface area contributed by atoms with Crippen LogP contribution in [0.1, 0.15) is 31.4 Å². The van der Waals surface area contributed by atoms with Crippen molar-refractivity contribution in [3.05, 3.63) is 29.3 Å². The van der Waals surface area contributed by atoms with Gasteiger partial charge in [-0.3, -0.25) is 0 Å². The van der Waals surface area contributed by atoms with E-state index in [1.54, 1.807) is 0 Å². The monoisotopic (exact) mass is 250 g/mol. The molecule has 3 heteroatoms. The molecule has 0 amide bonds. The van der Waals surface area contributed by atoms with E-state index in [2.05, 4.69) is 42.3 Å². The van der Waals surface area contributed by atoms with Gasteiger partial charge in [0.25, 0.3) is 0 Å². The van der Waals surface area contributed by atoms with Gasteiger partial charge in [0.15, 0.2) is 0 Å². The van der Waals surface area contributed by atoms with Crippen LogP contribution in [-0.4, -0.2) is 31.3 Å². The number of hydrogen-bond acceptors (Lipinski definition) is 3. The Kier molecular flexibility index (Phi) is 6.16. The van der Waals surface area contributed by atoms with Crippen molar-refractivity contribution in [2.45, 2.75) is 39.8 Å². The van der Waals surface area contributed by atoms with Crippen molar-refractivity contribution in [1.82, 2.24) is 5.32 Å². The predicted molar refractivity (Wildman–Crippen MR) is 78.1 cm³/mol. The smallest absolute Gasteiger partial charge is 0.0686 e. The fourth-order valence-corrected chi connectivity index (χ4v) is 2.02. The van der Waals surface area contributed by atoms with Crippen LogP contribution >= 0.6 is 0 Å². The Labute approximate surface area is 111 Å². The summed E-state index contributed by atoms with van der Waals surface area (Å²) < 4.78 is 0. The van der Waals surface area contributed by atoms with Crippen molar-refractivity contribution in [2.75, 3.05) is 25.0 Å². The summed E-state index contributed by atoms with van der Waals surface area (Å²) in [5.41, 5.74) is 3.80. The summed E-state index contributed by atoms with van der Waals surface area (Å²) in [6, 6.07) is 6.48. The molecule has 0 aliphatic heterocycles. The normalized spacial score (nSPS) is 12.5. The second-order valence-corrected chi connectivity index (χ2v) is 5.02. The number of benzene rings is 1. The summed E-state index contributed by atoms with van der Waals surface area (Å²) in [5, 5.41) is 12.8. The molecule has 0 aliphatic rings. The Hall–Kier alpha value is -1.06. The first kappa shape index (κ1) is 15.0. The molecule has 0 fully saturated rings. The van der Waals surface area contributed by atoms with Gasteiger partial charge in [-0.2, -0.15) is 0 Å². The first-order valence-corrected chi connectivity index (χ1v) is 6.74. The quantitative estimate of drug-likeness (QED) is 0.729. The second kappa shape index (κ2) is 7.39. The summed E-state index contributed by atoms with van der Waals surface area (Å²) in [4.78, 5) is 2.08. The minimum Gasteiger partial charge on any atom is -0.392 e. The summed E-state index contributed by atoms with van der Waals surface area (Å²) in [7, 11) is 2.01. The van der Waals surface area contributed by atoms with Crippen LogP contribution in [0.3, 0.4) is 0 Å². The number of aliphatic hydroxyl groups excluding tert-OH is 1. The van der Waals surface area contributed by atoms with Crippen LogP contribution in [0.2, 0.25) is 0 Å². The van der Waals surface area contributed by atoms with Gasteiger partial charge in [-0.05, 0) is 50.1 Å². The number of anilines is 1. The molecule has 1 aromatic rings.